The summed E-state index contributed by atoms with van der Waals surface area (Å²) in [6.45, 7) is 2.92. The zero-order chi connectivity index (χ0) is 17.7. The third-order valence-corrected chi connectivity index (χ3v) is 4.74. The lowest BCUT2D eigenvalue weighted by Crippen LogP contribution is -2.52. The molecule has 0 saturated carbocycles. The molecule has 2 fully saturated rings. The minimum atomic E-state index is -0.460. The molecule has 0 unspecified atom stereocenters. The van der Waals surface area contributed by atoms with Gasteiger partial charge in [0.2, 0.25) is 5.91 Å². The van der Waals surface area contributed by atoms with Crippen LogP contribution in [0.25, 0.3) is 0 Å². The summed E-state index contributed by atoms with van der Waals surface area (Å²) < 4.78 is 10.6. The Balaban J connectivity index is 1.40. The Morgan fingerprint density at radius 2 is 2.20 bits per heavy atom. The van der Waals surface area contributed by atoms with E-state index in [1.54, 1.807) is 7.11 Å². The fourth-order valence-corrected chi connectivity index (χ4v) is 3.45. The quantitative estimate of drug-likeness (QED) is 0.800. The maximum absolute atomic E-state index is 12.2. The van der Waals surface area contributed by atoms with Crippen molar-refractivity contribution < 1.29 is 19.1 Å². The van der Waals surface area contributed by atoms with Crippen molar-refractivity contribution in [3.8, 4) is 5.75 Å². The van der Waals surface area contributed by atoms with Crippen LogP contribution in [0.4, 0.5) is 4.79 Å². The molecule has 2 aliphatic rings. The molecule has 1 atom stereocenters. The Kier molecular flexibility index (Phi) is 5.43. The van der Waals surface area contributed by atoms with Crippen molar-refractivity contribution in [2.24, 2.45) is 0 Å². The molecule has 2 amide bonds. The molecule has 0 radical (unpaired) electrons. The molecule has 0 bridgehead atoms. The summed E-state index contributed by atoms with van der Waals surface area (Å²) in [6, 6.07) is 7.84. The van der Waals surface area contributed by atoms with Gasteiger partial charge >= 0.3 is 6.09 Å². The van der Waals surface area contributed by atoms with Crippen molar-refractivity contribution in [2.45, 2.75) is 24.9 Å². The normalized spacial score (nSPS) is 23.2. The number of piperidine rings is 1. The van der Waals surface area contributed by atoms with Crippen LogP contribution in [0.2, 0.25) is 0 Å². The number of likely N-dealkylation sites (tertiary alicyclic amines) is 1. The Morgan fingerprint density at radius 1 is 1.40 bits per heavy atom. The maximum atomic E-state index is 12.2. The predicted molar refractivity (Wildman–Crippen MR) is 92.6 cm³/mol. The highest BCUT2D eigenvalue weighted by Gasteiger charge is 2.43. The first-order valence-electron chi connectivity index (χ1n) is 8.67. The van der Waals surface area contributed by atoms with Crippen LogP contribution in [0.3, 0.4) is 0 Å². The number of ether oxygens (including phenoxy) is 2. The SMILES string of the molecule is COc1ccc(CCNC(=O)CN2CCC[C@]3(CNC(=O)O3)C2)cc1. The lowest BCUT2D eigenvalue weighted by Gasteiger charge is -2.37. The van der Waals surface area contributed by atoms with Gasteiger partial charge in [0.15, 0.2) is 0 Å². The van der Waals surface area contributed by atoms with E-state index >= 15 is 0 Å². The molecule has 136 valence electrons. The van der Waals surface area contributed by atoms with Crippen LogP contribution in [0, 0.1) is 0 Å². The van der Waals surface area contributed by atoms with Gasteiger partial charge in [0, 0.05) is 13.1 Å². The van der Waals surface area contributed by atoms with E-state index < -0.39 is 5.60 Å². The van der Waals surface area contributed by atoms with E-state index in [1.165, 1.54) is 0 Å². The number of carbonyl (C=O) groups is 2. The van der Waals surface area contributed by atoms with Gasteiger partial charge in [-0.05, 0) is 43.5 Å². The molecule has 3 rings (SSSR count). The van der Waals surface area contributed by atoms with E-state index in [0.29, 0.717) is 26.2 Å². The van der Waals surface area contributed by atoms with Gasteiger partial charge in [0.25, 0.3) is 0 Å². The third kappa shape index (κ3) is 4.63. The van der Waals surface area contributed by atoms with Gasteiger partial charge in [-0.1, -0.05) is 12.1 Å². The van der Waals surface area contributed by atoms with Crippen LogP contribution in [-0.2, 0) is 16.0 Å². The monoisotopic (exact) mass is 347 g/mol. The van der Waals surface area contributed by atoms with Crippen LogP contribution in [0.15, 0.2) is 24.3 Å². The average molecular weight is 347 g/mol. The number of nitrogens with one attached hydrogen (secondary N) is 2. The van der Waals surface area contributed by atoms with Crippen molar-refractivity contribution in [1.29, 1.82) is 0 Å². The van der Waals surface area contributed by atoms with Crippen LogP contribution >= 0.6 is 0 Å². The molecule has 25 heavy (non-hydrogen) atoms. The first kappa shape index (κ1) is 17.5. The van der Waals surface area contributed by atoms with Crippen LogP contribution < -0.4 is 15.4 Å². The number of methoxy groups -OCH3 is 1. The first-order chi connectivity index (χ1) is 12.1. The molecular formula is C18H25N3O4. The summed E-state index contributed by atoms with van der Waals surface area (Å²) >= 11 is 0. The highest BCUT2D eigenvalue weighted by Crippen LogP contribution is 2.27. The van der Waals surface area contributed by atoms with Crippen molar-refractivity contribution in [3.05, 3.63) is 29.8 Å². The summed E-state index contributed by atoms with van der Waals surface area (Å²) in [5, 5.41) is 5.68. The molecule has 7 nitrogen and oxygen atoms in total. The lowest BCUT2D eigenvalue weighted by molar-refractivity contribution is -0.123. The third-order valence-electron chi connectivity index (χ3n) is 4.74. The van der Waals surface area contributed by atoms with E-state index in [2.05, 4.69) is 15.5 Å². The van der Waals surface area contributed by atoms with E-state index in [4.69, 9.17) is 9.47 Å². The molecule has 2 N–H and O–H groups in total. The zero-order valence-electron chi connectivity index (χ0n) is 14.5. The van der Waals surface area contributed by atoms with Gasteiger partial charge in [-0.3, -0.25) is 9.69 Å². The fourth-order valence-electron chi connectivity index (χ4n) is 3.45. The van der Waals surface area contributed by atoms with Crippen molar-refractivity contribution >= 4 is 12.0 Å². The standard InChI is InChI=1S/C18H25N3O4/c1-24-15-5-3-14(4-6-15)7-9-19-16(22)11-21-10-2-8-18(13-21)12-20-17(23)25-18/h3-6H,2,7-13H2,1H3,(H,19,22)(H,20,23)/t18-/m0/s1. The molecule has 1 aromatic carbocycles. The smallest absolute Gasteiger partial charge is 0.407 e. The van der Waals surface area contributed by atoms with E-state index in [0.717, 1.165) is 37.1 Å². The van der Waals surface area contributed by atoms with E-state index in [-0.39, 0.29) is 12.0 Å². The van der Waals surface area contributed by atoms with Gasteiger partial charge < -0.3 is 20.1 Å². The Labute approximate surface area is 147 Å². The lowest BCUT2D eigenvalue weighted by atomic mass is 9.93. The summed E-state index contributed by atoms with van der Waals surface area (Å²) in [5.74, 6) is 0.830. The number of benzene rings is 1. The highest BCUT2D eigenvalue weighted by molar-refractivity contribution is 5.78. The molecule has 2 heterocycles. The van der Waals surface area contributed by atoms with Gasteiger partial charge in [-0.25, -0.2) is 4.79 Å². The zero-order valence-corrected chi connectivity index (χ0v) is 14.5. The molecular weight excluding hydrogens is 322 g/mol. The second kappa shape index (κ2) is 7.74. The molecule has 0 aliphatic carbocycles. The van der Waals surface area contributed by atoms with Crippen molar-refractivity contribution in [2.75, 3.05) is 39.8 Å². The number of amides is 2. The number of hydrogen-bond donors (Lipinski definition) is 2. The second-order valence-corrected chi connectivity index (χ2v) is 6.69. The summed E-state index contributed by atoms with van der Waals surface area (Å²) in [5.41, 5.74) is 0.695. The Morgan fingerprint density at radius 3 is 2.88 bits per heavy atom. The predicted octanol–water partition coefficient (Wildman–Crippen LogP) is 0.928. The van der Waals surface area contributed by atoms with Crippen LogP contribution in [0.1, 0.15) is 18.4 Å². The van der Waals surface area contributed by atoms with Crippen LogP contribution in [0.5, 0.6) is 5.75 Å². The highest BCUT2D eigenvalue weighted by atomic mass is 16.6. The number of alkyl carbamates (subject to hydrolysis) is 1. The number of hydrogen-bond acceptors (Lipinski definition) is 5. The number of nitrogens with zero attached hydrogens (tertiary/aromatic N) is 1. The van der Waals surface area contributed by atoms with Gasteiger partial charge in [-0.2, -0.15) is 0 Å². The molecule has 7 heteroatoms. The van der Waals surface area contributed by atoms with Gasteiger partial charge in [0.05, 0.1) is 20.2 Å². The topological polar surface area (TPSA) is 79.9 Å². The van der Waals surface area contributed by atoms with E-state index in [1.807, 2.05) is 24.3 Å². The van der Waals surface area contributed by atoms with E-state index in [9.17, 15) is 9.59 Å². The number of carbonyl (C=O) groups excluding carboxylic acids is 2. The minimum Gasteiger partial charge on any atom is -0.497 e. The molecule has 1 aromatic rings. The fraction of sp³-hybridized carbons (Fsp3) is 0.556. The average Bonchev–Trinajstić information content (AvgIpc) is 2.95. The summed E-state index contributed by atoms with van der Waals surface area (Å²) in [7, 11) is 1.64. The molecule has 0 aromatic heterocycles. The van der Waals surface area contributed by atoms with Gasteiger partial charge in [0.1, 0.15) is 11.4 Å². The second-order valence-electron chi connectivity index (χ2n) is 6.69. The van der Waals surface area contributed by atoms with Crippen LogP contribution in [-0.4, -0.2) is 62.3 Å². The largest absolute Gasteiger partial charge is 0.497 e. The Bertz CT molecular complexity index is 619. The summed E-state index contributed by atoms with van der Waals surface area (Å²) in [6.07, 6.45) is 2.20. The van der Waals surface area contributed by atoms with Crippen molar-refractivity contribution in [3.63, 3.8) is 0 Å². The molecule has 2 aliphatic heterocycles. The first-order valence-corrected chi connectivity index (χ1v) is 8.67. The Hall–Kier alpha value is -2.28. The molecule has 1 spiro atoms. The maximum Gasteiger partial charge on any atom is 0.407 e. The minimum absolute atomic E-state index is 0.00263. The summed E-state index contributed by atoms with van der Waals surface area (Å²) in [4.78, 5) is 25.6. The number of rotatable bonds is 6. The van der Waals surface area contributed by atoms with Crippen molar-refractivity contribution in [1.82, 2.24) is 15.5 Å². The molecule has 2 saturated heterocycles. The van der Waals surface area contributed by atoms with Gasteiger partial charge in [-0.15, -0.1) is 0 Å².